The minimum absolute atomic E-state index is 0.0820. The number of carbonyl (C=O) groups excluding carboxylic acids is 1. The second-order valence-electron chi connectivity index (χ2n) is 4.85. The minimum atomic E-state index is -0.917. The van der Waals surface area contributed by atoms with Crippen LogP contribution in [-0.4, -0.2) is 35.1 Å². The van der Waals surface area contributed by atoms with Crippen LogP contribution < -0.4 is 10.6 Å². The number of aliphatic carboxylic acids is 1. The van der Waals surface area contributed by atoms with Crippen LogP contribution in [0, 0.1) is 0 Å². The standard InChI is InChI=1S/C15H19N3O3/c1-10(19)16-7-4-8-17-14(15(20)21)12-9-18-13-6-3-2-5-11(12)13/h2-3,5-6,9,14,17-18H,4,7-8H2,1H3,(H,16,19)(H,20,21). The Labute approximate surface area is 122 Å². The Hall–Kier alpha value is -2.34. The Morgan fingerprint density at radius 3 is 2.76 bits per heavy atom. The van der Waals surface area contributed by atoms with Crippen molar-refractivity contribution in [2.24, 2.45) is 0 Å². The molecule has 4 N–H and O–H groups in total. The topological polar surface area (TPSA) is 94.2 Å². The minimum Gasteiger partial charge on any atom is -0.480 e. The average molecular weight is 289 g/mol. The summed E-state index contributed by atoms with van der Waals surface area (Å²) in [4.78, 5) is 25.3. The molecule has 0 aliphatic heterocycles. The van der Waals surface area contributed by atoms with Crippen molar-refractivity contribution in [1.29, 1.82) is 0 Å². The summed E-state index contributed by atoms with van der Waals surface area (Å²) in [7, 11) is 0. The summed E-state index contributed by atoms with van der Waals surface area (Å²) in [5.41, 5.74) is 1.64. The maximum absolute atomic E-state index is 11.5. The molecule has 21 heavy (non-hydrogen) atoms. The second kappa shape index (κ2) is 6.90. The van der Waals surface area contributed by atoms with Gasteiger partial charge in [0, 0.05) is 36.1 Å². The molecule has 0 aliphatic carbocycles. The molecule has 0 spiro atoms. The number of nitrogens with one attached hydrogen (secondary N) is 3. The van der Waals surface area contributed by atoms with E-state index < -0.39 is 12.0 Å². The molecule has 0 bridgehead atoms. The van der Waals surface area contributed by atoms with Gasteiger partial charge < -0.3 is 20.7 Å². The summed E-state index contributed by atoms with van der Waals surface area (Å²) < 4.78 is 0. The first-order valence-electron chi connectivity index (χ1n) is 6.86. The quantitative estimate of drug-likeness (QED) is 0.580. The van der Waals surface area contributed by atoms with Crippen LogP contribution in [0.25, 0.3) is 10.9 Å². The third-order valence-corrected chi connectivity index (χ3v) is 3.26. The number of fused-ring (bicyclic) bond motifs is 1. The van der Waals surface area contributed by atoms with Crippen LogP contribution in [0.5, 0.6) is 0 Å². The number of carbonyl (C=O) groups is 2. The lowest BCUT2D eigenvalue weighted by molar-refractivity contribution is -0.139. The van der Waals surface area contributed by atoms with E-state index in [1.54, 1.807) is 6.20 Å². The van der Waals surface area contributed by atoms with Gasteiger partial charge in [-0.05, 0) is 19.0 Å². The average Bonchev–Trinajstić information content (AvgIpc) is 2.86. The summed E-state index contributed by atoms with van der Waals surface area (Å²) in [5, 5.41) is 16.0. The largest absolute Gasteiger partial charge is 0.480 e. The van der Waals surface area contributed by atoms with Crippen molar-refractivity contribution in [3.8, 4) is 0 Å². The smallest absolute Gasteiger partial charge is 0.325 e. The lowest BCUT2D eigenvalue weighted by atomic mass is 10.1. The van der Waals surface area contributed by atoms with Gasteiger partial charge >= 0.3 is 5.97 Å². The highest BCUT2D eigenvalue weighted by Crippen LogP contribution is 2.24. The van der Waals surface area contributed by atoms with Crippen molar-refractivity contribution >= 4 is 22.8 Å². The van der Waals surface area contributed by atoms with E-state index in [0.717, 1.165) is 16.5 Å². The van der Waals surface area contributed by atoms with Crippen LogP contribution in [0.15, 0.2) is 30.5 Å². The molecular weight excluding hydrogens is 270 g/mol. The molecule has 6 heteroatoms. The molecule has 2 aromatic rings. The first-order valence-corrected chi connectivity index (χ1v) is 6.86. The number of amides is 1. The fourth-order valence-electron chi connectivity index (χ4n) is 2.26. The predicted molar refractivity (Wildman–Crippen MR) is 80.0 cm³/mol. The zero-order valence-electron chi connectivity index (χ0n) is 11.8. The van der Waals surface area contributed by atoms with Crippen molar-refractivity contribution in [3.05, 3.63) is 36.0 Å². The van der Waals surface area contributed by atoms with Crippen molar-refractivity contribution in [2.75, 3.05) is 13.1 Å². The second-order valence-corrected chi connectivity index (χ2v) is 4.85. The van der Waals surface area contributed by atoms with Gasteiger partial charge in [-0.25, -0.2) is 0 Å². The number of carboxylic acids is 1. The van der Waals surface area contributed by atoms with Crippen LogP contribution in [0.3, 0.4) is 0 Å². The summed E-state index contributed by atoms with van der Waals surface area (Å²) in [6, 6.07) is 6.83. The molecule has 0 saturated heterocycles. The van der Waals surface area contributed by atoms with Crippen molar-refractivity contribution in [1.82, 2.24) is 15.6 Å². The maximum atomic E-state index is 11.5. The highest BCUT2D eigenvalue weighted by molar-refractivity contribution is 5.89. The fraction of sp³-hybridized carbons (Fsp3) is 0.333. The molecular formula is C15H19N3O3. The summed E-state index contributed by atoms with van der Waals surface area (Å²) >= 11 is 0. The van der Waals surface area contributed by atoms with Crippen LogP contribution in [0.1, 0.15) is 24.9 Å². The predicted octanol–water partition coefficient (Wildman–Crippen LogP) is 1.41. The van der Waals surface area contributed by atoms with Gasteiger partial charge in [-0.1, -0.05) is 18.2 Å². The van der Waals surface area contributed by atoms with Gasteiger partial charge in [0.15, 0.2) is 0 Å². The number of H-pyrrole nitrogens is 1. The van der Waals surface area contributed by atoms with Gasteiger partial charge in [0.1, 0.15) is 6.04 Å². The maximum Gasteiger partial charge on any atom is 0.325 e. The van der Waals surface area contributed by atoms with Crippen LogP contribution in [0.2, 0.25) is 0 Å². The third kappa shape index (κ3) is 3.82. The van der Waals surface area contributed by atoms with Crippen LogP contribution >= 0.6 is 0 Å². The lowest BCUT2D eigenvalue weighted by Gasteiger charge is -2.14. The molecule has 112 valence electrons. The van der Waals surface area contributed by atoms with E-state index >= 15 is 0 Å². The number of aromatic nitrogens is 1. The zero-order valence-corrected chi connectivity index (χ0v) is 11.8. The summed E-state index contributed by atoms with van der Waals surface area (Å²) in [5.74, 6) is -0.999. The van der Waals surface area contributed by atoms with Crippen molar-refractivity contribution in [3.63, 3.8) is 0 Å². The van der Waals surface area contributed by atoms with Gasteiger partial charge in [0.25, 0.3) is 0 Å². The van der Waals surface area contributed by atoms with E-state index in [1.807, 2.05) is 24.3 Å². The Kier molecular flexibility index (Phi) is 4.94. The Balaban J connectivity index is 2.02. The molecule has 1 aromatic carbocycles. The summed E-state index contributed by atoms with van der Waals surface area (Å²) in [6.07, 6.45) is 2.40. The number of hydrogen-bond donors (Lipinski definition) is 4. The first kappa shape index (κ1) is 15.1. The molecule has 0 saturated carbocycles. The molecule has 1 atom stereocenters. The summed E-state index contributed by atoms with van der Waals surface area (Å²) in [6.45, 7) is 2.50. The Morgan fingerprint density at radius 2 is 2.05 bits per heavy atom. The molecule has 0 fully saturated rings. The van der Waals surface area contributed by atoms with Gasteiger partial charge in [-0.15, -0.1) is 0 Å². The molecule has 2 rings (SSSR count). The van der Waals surface area contributed by atoms with Crippen LogP contribution in [0.4, 0.5) is 0 Å². The fourth-order valence-corrected chi connectivity index (χ4v) is 2.26. The Bertz CT molecular complexity index is 636. The lowest BCUT2D eigenvalue weighted by Crippen LogP contribution is -2.31. The monoisotopic (exact) mass is 289 g/mol. The van der Waals surface area contributed by atoms with Gasteiger partial charge in [0.05, 0.1) is 0 Å². The van der Waals surface area contributed by atoms with Gasteiger partial charge in [0.2, 0.25) is 5.91 Å². The highest BCUT2D eigenvalue weighted by Gasteiger charge is 2.21. The van der Waals surface area contributed by atoms with E-state index in [1.165, 1.54) is 6.92 Å². The molecule has 1 unspecified atom stereocenters. The first-order chi connectivity index (χ1) is 10.1. The number of benzene rings is 1. The van der Waals surface area contributed by atoms with Crippen LogP contribution in [-0.2, 0) is 9.59 Å². The van der Waals surface area contributed by atoms with E-state index in [2.05, 4.69) is 15.6 Å². The number of hydrogen-bond acceptors (Lipinski definition) is 3. The van der Waals surface area contributed by atoms with Crippen molar-refractivity contribution in [2.45, 2.75) is 19.4 Å². The Morgan fingerprint density at radius 1 is 1.29 bits per heavy atom. The molecule has 0 radical (unpaired) electrons. The number of rotatable bonds is 7. The van der Waals surface area contributed by atoms with Gasteiger partial charge in [-0.2, -0.15) is 0 Å². The van der Waals surface area contributed by atoms with E-state index in [0.29, 0.717) is 19.5 Å². The highest BCUT2D eigenvalue weighted by atomic mass is 16.4. The van der Waals surface area contributed by atoms with Crippen molar-refractivity contribution < 1.29 is 14.7 Å². The van der Waals surface area contributed by atoms with E-state index in [4.69, 9.17) is 0 Å². The molecule has 6 nitrogen and oxygen atoms in total. The third-order valence-electron chi connectivity index (χ3n) is 3.26. The molecule has 0 aliphatic rings. The molecule has 1 heterocycles. The normalized spacial score (nSPS) is 12.2. The molecule has 1 aromatic heterocycles. The van der Waals surface area contributed by atoms with Gasteiger partial charge in [-0.3, -0.25) is 9.59 Å². The van der Waals surface area contributed by atoms with E-state index in [-0.39, 0.29) is 5.91 Å². The number of para-hydroxylation sites is 1. The number of aromatic amines is 1. The van der Waals surface area contributed by atoms with E-state index in [9.17, 15) is 14.7 Å². The SMILES string of the molecule is CC(=O)NCCCNC(C(=O)O)c1c[nH]c2ccccc12. The molecule has 1 amide bonds. The number of carboxylic acid groups (broad SMARTS) is 1. The zero-order chi connectivity index (χ0) is 15.2.